The molecule has 3 amide bonds. The molecule has 1 aromatic heterocycles. The molecule has 0 spiro atoms. The van der Waals surface area contributed by atoms with E-state index in [4.69, 9.17) is 10.5 Å². The highest BCUT2D eigenvalue weighted by molar-refractivity contribution is 5.84. The van der Waals surface area contributed by atoms with Crippen molar-refractivity contribution in [1.82, 2.24) is 24.7 Å². The van der Waals surface area contributed by atoms with Gasteiger partial charge in [-0.1, -0.05) is 30.3 Å². The number of carbonyl (C=O) groups is 4. The van der Waals surface area contributed by atoms with E-state index in [-0.39, 0.29) is 25.3 Å². The Hall–Kier alpha value is -5.59. The zero-order valence-electron chi connectivity index (χ0n) is 25.2. The Labute approximate surface area is 267 Å². The molecule has 3 rings (SSSR count). The lowest BCUT2D eigenvalue weighted by atomic mass is 10.2. The molecular formula is C29H29F5N6O8. The topological polar surface area (TPSA) is 186 Å². The Kier molecular flexibility index (Phi) is 12.9. The first-order chi connectivity index (χ1) is 22.7. The van der Waals surface area contributed by atoms with Crippen molar-refractivity contribution >= 4 is 23.9 Å². The van der Waals surface area contributed by atoms with Gasteiger partial charge in [-0.25, -0.2) is 27.6 Å². The number of H-pyrrole nitrogens is 1. The molecule has 0 bridgehead atoms. The van der Waals surface area contributed by atoms with Gasteiger partial charge in [0.25, 0.3) is 5.56 Å². The monoisotopic (exact) mass is 684 g/mol. The van der Waals surface area contributed by atoms with Gasteiger partial charge < -0.3 is 25.4 Å². The van der Waals surface area contributed by atoms with E-state index in [1.54, 1.807) is 30.3 Å². The predicted octanol–water partition coefficient (Wildman–Crippen LogP) is 0.688. The lowest BCUT2D eigenvalue weighted by Gasteiger charge is -2.24. The highest BCUT2D eigenvalue weighted by atomic mass is 19.2. The number of hydrogen-bond acceptors (Lipinski definition) is 9. The van der Waals surface area contributed by atoms with Crippen LogP contribution in [0.4, 0.5) is 26.7 Å². The van der Waals surface area contributed by atoms with Crippen LogP contribution in [-0.4, -0.2) is 82.5 Å². The van der Waals surface area contributed by atoms with Gasteiger partial charge >= 0.3 is 17.8 Å². The normalized spacial score (nSPS) is 10.7. The summed E-state index contributed by atoms with van der Waals surface area (Å²) in [6.45, 7) is -2.26. The molecule has 0 saturated heterocycles. The maximum absolute atomic E-state index is 14.1. The summed E-state index contributed by atoms with van der Waals surface area (Å²) in [7, 11) is 0. The van der Waals surface area contributed by atoms with E-state index in [1.807, 2.05) is 4.98 Å². The van der Waals surface area contributed by atoms with Gasteiger partial charge in [0.2, 0.25) is 46.6 Å². The van der Waals surface area contributed by atoms with E-state index in [2.05, 4.69) is 10.1 Å². The number of aromatic amines is 1. The first-order valence-corrected chi connectivity index (χ1v) is 14.0. The summed E-state index contributed by atoms with van der Waals surface area (Å²) in [5, 5.41) is 2.39. The standard InChI is InChI=1S/C29H29F5N6O8/c1-16-11-40(28(45)37-27(16)44)13-19(42)38(14-20(43)48-26-24(33)22(31)21(30)23(32)25(26)34)10-8-36-18(41)12-39(9-7-35)29(46)47-15-17-5-3-2-4-6-17/h2-6,11H,7-10,12-15,35H2,1H3,(H,36,41)(H,37,44,45). The van der Waals surface area contributed by atoms with Crippen molar-refractivity contribution in [2.45, 2.75) is 20.1 Å². The lowest BCUT2D eigenvalue weighted by molar-refractivity contribution is -0.143. The van der Waals surface area contributed by atoms with Gasteiger partial charge in [-0.15, -0.1) is 0 Å². The van der Waals surface area contributed by atoms with E-state index in [1.165, 1.54) is 6.92 Å². The van der Waals surface area contributed by atoms with E-state index in [0.717, 1.165) is 15.7 Å². The highest BCUT2D eigenvalue weighted by Gasteiger charge is 2.30. The van der Waals surface area contributed by atoms with Gasteiger partial charge in [-0.05, 0) is 12.5 Å². The fourth-order valence-corrected chi connectivity index (χ4v) is 4.01. The van der Waals surface area contributed by atoms with Crippen molar-refractivity contribution in [2.24, 2.45) is 5.73 Å². The maximum atomic E-state index is 14.1. The van der Waals surface area contributed by atoms with Crippen LogP contribution >= 0.6 is 0 Å². The van der Waals surface area contributed by atoms with Gasteiger partial charge in [0.1, 0.15) is 26.2 Å². The average molecular weight is 685 g/mol. The SMILES string of the molecule is Cc1cn(CC(=O)N(CCNC(=O)CN(CCN)C(=O)OCc2ccccc2)CC(=O)Oc2c(F)c(F)c(F)c(F)c2F)c(=O)[nH]c1=O. The quantitative estimate of drug-likeness (QED) is 0.0723. The Morgan fingerprint density at radius 2 is 1.52 bits per heavy atom. The van der Waals surface area contributed by atoms with Crippen LogP contribution in [0.2, 0.25) is 0 Å². The Balaban J connectivity index is 1.71. The van der Waals surface area contributed by atoms with Crippen LogP contribution in [0.15, 0.2) is 46.1 Å². The number of nitrogens with zero attached hydrogens (tertiary/aromatic N) is 3. The van der Waals surface area contributed by atoms with Gasteiger partial charge in [-0.2, -0.15) is 8.78 Å². The molecule has 19 heteroatoms. The van der Waals surface area contributed by atoms with Crippen molar-refractivity contribution in [3.05, 3.63) is 97.6 Å². The van der Waals surface area contributed by atoms with Crippen LogP contribution in [0.1, 0.15) is 11.1 Å². The zero-order chi connectivity index (χ0) is 35.5. The van der Waals surface area contributed by atoms with Crippen LogP contribution in [0.3, 0.4) is 0 Å². The zero-order valence-corrected chi connectivity index (χ0v) is 25.2. The minimum Gasteiger partial charge on any atom is -0.445 e. The van der Waals surface area contributed by atoms with Gasteiger partial charge in [0, 0.05) is 37.9 Å². The minimum atomic E-state index is -2.49. The lowest BCUT2D eigenvalue weighted by Crippen LogP contribution is -2.47. The molecule has 0 atom stereocenters. The number of hydrogen-bond donors (Lipinski definition) is 3. The largest absolute Gasteiger partial charge is 0.445 e. The van der Waals surface area contributed by atoms with Crippen molar-refractivity contribution in [3.8, 4) is 5.75 Å². The van der Waals surface area contributed by atoms with Crippen LogP contribution in [0.5, 0.6) is 5.75 Å². The summed E-state index contributed by atoms with van der Waals surface area (Å²) in [4.78, 5) is 78.3. The van der Waals surface area contributed by atoms with Crippen molar-refractivity contribution in [2.75, 3.05) is 39.3 Å². The molecule has 0 fully saturated rings. The van der Waals surface area contributed by atoms with Crippen LogP contribution in [0.25, 0.3) is 0 Å². The first kappa shape index (κ1) is 36.9. The van der Waals surface area contributed by atoms with E-state index in [0.29, 0.717) is 10.5 Å². The molecule has 0 unspecified atom stereocenters. The summed E-state index contributed by atoms with van der Waals surface area (Å²) in [5.74, 6) is -17.5. The predicted molar refractivity (Wildman–Crippen MR) is 155 cm³/mol. The fraction of sp³-hybridized carbons (Fsp3) is 0.310. The summed E-state index contributed by atoms with van der Waals surface area (Å²) >= 11 is 0. The molecule has 4 N–H and O–H groups in total. The Morgan fingerprint density at radius 1 is 0.896 bits per heavy atom. The summed E-state index contributed by atoms with van der Waals surface area (Å²) in [6.07, 6.45) is 0.184. The molecule has 258 valence electrons. The Morgan fingerprint density at radius 3 is 2.15 bits per heavy atom. The molecule has 1 heterocycles. The first-order valence-electron chi connectivity index (χ1n) is 14.0. The molecular weight excluding hydrogens is 655 g/mol. The number of nitrogens with two attached hydrogens (primary N) is 1. The van der Waals surface area contributed by atoms with Crippen LogP contribution in [-0.2, 0) is 32.3 Å². The number of benzene rings is 2. The number of amides is 3. The van der Waals surface area contributed by atoms with E-state index < -0.39 is 103 Å². The summed E-state index contributed by atoms with van der Waals surface area (Å²) < 4.78 is 79.0. The third kappa shape index (κ3) is 9.71. The van der Waals surface area contributed by atoms with Crippen LogP contribution < -0.4 is 27.0 Å². The van der Waals surface area contributed by atoms with Crippen molar-refractivity contribution < 1.29 is 50.6 Å². The molecule has 0 saturated carbocycles. The third-order valence-corrected chi connectivity index (χ3v) is 6.45. The number of ether oxygens (including phenoxy) is 2. The molecule has 48 heavy (non-hydrogen) atoms. The van der Waals surface area contributed by atoms with Gasteiger partial charge in [0.15, 0.2) is 0 Å². The number of halogens is 5. The average Bonchev–Trinajstić information content (AvgIpc) is 3.06. The Bertz CT molecular complexity index is 1760. The second-order valence-electron chi connectivity index (χ2n) is 9.99. The van der Waals surface area contributed by atoms with E-state index in [9.17, 15) is 50.7 Å². The minimum absolute atomic E-state index is 0.0231. The smallest absolute Gasteiger partial charge is 0.410 e. The van der Waals surface area contributed by atoms with Crippen molar-refractivity contribution in [3.63, 3.8) is 0 Å². The molecule has 2 aromatic carbocycles. The van der Waals surface area contributed by atoms with Gasteiger partial charge in [-0.3, -0.25) is 28.8 Å². The number of aromatic nitrogens is 2. The number of esters is 1. The number of rotatable bonds is 14. The molecule has 0 aliphatic heterocycles. The summed E-state index contributed by atoms with van der Waals surface area (Å²) in [6, 6.07) is 8.68. The highest BCUT2D eigenvalue weighted by Crippen LogP contribution is 2.29. The van der Waals surface area contributed by atoms with Crippen molar-refractivity contribution in [1.29, 1.82) is 0 Å². The maximum Gasteiger partial charge on any atom is 0.410 e. The van der Waals surface area contributed by atoms with Crippen LogP contribution in [0, 0.1) is 36.0 Å². The second-order valence-corrected chi connectivity index (χ2v) is 9.99. The number of carbonyl (C=O) groups excluding carboxylic acids is 4. The molecule has 0 aliphatic rings. The number of nitrogens with one attached hydrogen (secondary N) is 2. The molecule has 14 nitrogen and oxygen atoms in total. The summed E-state index contributed by atoms with van der Waals surface area (Å²) in [5.41, 5.74) is 4.52. The molecule has 0 radical (unpaired) electrons. The third-order valence-electron chi connectivity index (χ3n) is 6.45. The van der Waals surface area contributed by atoms with Gasteiger partial charge in [0.05, 0.1) is 0 Å². The molecule has 0 aliphatic carbocycles. The fourth-order valence-electron chi connectivity index (χ4n) is 4.01. The number of aryl methyl sites for hydroxylation is 1. The van der Waals surface area contributed by atoms with E-state index >= 15 is 0 Å². The second kappa shape index (κ2) is 16.8. The molecule has 3 aromatic rings.